The first-order valence-corrected chi connectivity index (χ1v) is 12.4. The molecule has 2 amide bonds. The third-order valence-corrected chi connectivity index (χ3v) is 6.24. The third-order valence-electron chi connectivity index (χ3n) is 6.00. The van der Waals surface area contributed by atoms with Gasteiger partial charge in [0.05, 0.1) is 5.69 Å². The number of H-pyrrole nitrogens is 1. The average Bonchev–Trinajstić information content (AvgIpc) is 3.69. The minimum absolute atomic E-state index is 0.303. The molecule has 5 aromatic rings. The highest BCUT2D eigenvalue weighted by molar-refractivity contribution is 6.30. The van der Waals surface area contributed by atoms with Gasteiger partial charge in [-0.2, -0.15) is 0 Å². The molecule has 5 rings (SSSR count). The molecule has 0 saturated heterocycles. The second kappa shape index (κ2) is 12.0. The molecule has 1 atom stereocenters. The number of benzene rings is 3. The summed E-state index contributed by atoms with van der Waals surface area (Å²) < 4.78 is 1.54. The van der Waals surface area contributed by atoms with E-state index in [2.05, 4.69) is 46.8 Å². The fourth-order valence-electron chi connectivity index (χ4n) is 4.05. The third kappa shape index (κ3) is 6.48. The van der Waals surface area contributed by atoms with Crippen LogP contribution in [0.25, 0.3) is 17.1 Å². The summed E-state index contributed by atoms with van der Waals surface area (Å²) in [6, 6.07) is 20.9. The molecule has 13 heteroatoms. The standard InChI is InChI=1S/C26H23ClN10O2/c27-21-10-11-23(37-16-29-33-36-37)20(15-21)12-13-28-26(39)22(14-17-4-2-1-3-5-17)30-25(38)19-8-6-18(7-9-19)24-31-34-35-32-24/h1-11,15-16,22H,12-14H2,(H,28,39)(H,30,38)(H,31,32,34,35). The summed E-state index contributed by atoms with van der Waals surface area (Å²) in [5, 5.41) is 31.4. The zero-order chi connectivity index (χ0) is 27.0. The Hall–Kier alpha value is -4.97. The molecule has 0 fully saturated rings. The van der Waals surface area contributed by atoms with E-state index in [-0.39, 0.29) is 11.8 Å². The summed E-state index contributed by atoms with van der Waals surface area (Å²) >= 11 is 6.21. The second-order valence-electron chi connectivity index (χ2n) is 8.61. The molecule has 2 heterocycles. The van der Waals surface area contributed by atoms with Crippen molar-refractivity contribution in [2.75, 3.05) is 6.54 Å². The maximum atomic E-state index is 13.3. The normalized spacial score (nSPS) is 11.6. The number of rotatable bonds is 10. The molecule has 196 valence electrons. The number of nitrogens with one attached hydrogen (secondary N) is 3. The number of carbonyl (C=O) groups excluding carboxylic acids is 2. The summed E-state index contributed by atoms with van der Waals surface area (Å²) in [6.07, 6.45) is 2.30. The van der Waals surface area contributed by atoms with Crippen molar-refractivity contribution in [1.82, 2.24) is 51.5 Å². The number of hydrogen-bond donors (Lipinski definition) is 3. The molecule has 3 N–H and O–H groups in total. The number of aromatic nitrogens is 8. The molecule has 0 aliphatic carbocycles. The summed E-state index contributed by atoms with van der Waals surface area (Å²) in [4.78, 5) is 26.4. The molecule has 0 aliphatic rings. The number of aromatic amines is 1. The number of nitrogens with zero attached hydrogens (tertiary/aromatic N) is 7. The molecule has 0 aliphatic heterocycles. The molecule has 1 unspecified atom stereocenters. The molecule has 12 nitrogen and oxygen atoms in total. The summed E-state index contributed by atoms with van der Waals surface area (Å²) in [5.74, 6) is -0.182. The molecule has 39 heavy (non-hydrogen) atoms. The van der Waals surface area contributed by atoms with Crippen molar-refractivity contribution in [1.29, 1.82) is 0 Å². The smallest absolute Gasteiger partial charge is 0.251 e. The SMILES string of the molecule is O=C(NC(Cc1ccccc1)C(=O)NCCc1cc(Cl)ccc1-n1cnnn1)c1ccc(-c2nnn[nH]2)cc1. The molecule has 2 aromatic heterocycles. The van der Waals surface area contributed by atoms with E-state index in [1.54, 1.807) is 30.3 Å². The molecular weight excluding hydrogens is 520 g/mol. The van der Waals surface area contributed by atoms with Crippen molar-refractivity contribution < 1.29 is 9.59 Å². The van der Waals surface area contributed by atoms with Crippen LogP contribution in [0.4, 0.5) is 0 Å². The van der Waals surface area contributed by atoms with E-state index in [0.717, 1.165) is 22.4 Å². The minimum atomic E-state index is -0.795. The van der Waals surface area contributed by atoms with Crippen molar-refractivity contribution in [3.05, 3.63) is 101 Å². The van der Waals surface area contributed by atoms with Crippen LogP contribution in [-0.2, 0) is 17.6 Å². The molecule has 0 bridgehead atoms. The first-order valence-electron chi connectivity index (χ1n) is 12.1. The quantitative estimate of drug-likeness (QED) is 0.242. The van der Waals surface area contributed by atoms with Gasteiger partial charge in [-0.05, 0) is 68.7 Å². The highest BCUT2D eigenvalue weighted by Crippen LogP contribution is 2.19. The van der Waals surface area contributed by atoms with E-state index in [1.165, 1.54) is 11.0 Å². The van der Waals surface area contributed by atoms with Gasteiger partial charge < -0.3 is 10.6 Å². The van der Waals surface area contributed by atoms with E-state index in [0.29, 0.717) is 35.8 Å². The summed E-state index contributed by atoms with van der Waals surface area (Å²) in [6.45, 7) is 0.315. The van der Waals surface area contributed by atoms with Gasteiger partial charge in [-0.1, -0.05) is 54.1 Å². The Kier molecular flexibility index (Phi) is 7.93. The Balaban J connectivity index is 1.27. The molecule has 0 radical (unpaired) electrons. The van der Waals surface area contributed by atoms with Crippen LogP contribution in [-0.4, -0.2) is 65.2 Å². The highest BCUT2D eigenvalue weighted by atomic mass is 35.5. The summed E-state index contributed by atoms with van der Waals surface area (Å²) in [7, 11) is 0. The fraction of sp³-hybridized carbons (Fsp3) is 0.154. The van der Waals surface area contributed by atoms with Crippen LogP contribution in [0.1, 0.15) is 21.5 Å². The van der Waals surface area contributed by atoms with Crippen molar-refractivity contribution in [2.24, 2.45) is 0 Å². The Morgan fingerprint density at radius 2 is 1.82 bits per heavy atom. The number of carbonyl (C=O) groups is 2. The maximum absolute atomic E-state index is 13.3. The largest absolute Gasteiger partial charge is 0.354 e. The zero-order valence-electron chi connectivity index (χ0n) is 20.5. The first-order chi connectivity index (χ1) is 19.1. The van der Waals surface area contributed by atoms with Gasteiger partial charge in [-0.3, -0.25) is 9.59 Å². The molecule has 0 saturated carbocycles. The van der Waals surface area contributed by atoms with Crippen LogP contribution in [0.15, 0.2) is 79.1 Å². The molecule has 3 aromatic carbocycles. The van der Waals surface area contributed by atoms with Gasteiger partial charge in [0, 0.05) is 29.1 Å². The Labute approximate surface area is 227 Å². The fourth-order valence-corrected chi connectivity index (χ4v) is 4.25. The van der Waals surface area contributed by atoms with Gasteiger partial charge >= 0.3 is 0 Å². The van der Waals surface area contributed by atoms with Crippen LogP contribution in [0.2, 0.25) is 5.02 Å². The van der Waals surface area contributed by atoms with Crippen molar-refractivity contribution >= 4 is 23.4 Å². The van der Waals surface area contributed by atoms with Gasteiger partial charge in [-0.15, -0.1) is 10.2 Å². The highest BCUT2D eigenvalue weighted by Gasteiger charge is 2.22. The van der Waals surface area contributed by atoms with Crippen molar-refractivity contribution in [3.63, 3.8) is 0 Å². The lowest BCUT2D eigenvalue weighted by atomic mass is 10.0. The second-order valence-corrected chi connectivity index (χ2v) is 9.05. The monoisotopic (exact) mass is 542 g/mol. The first kappa shape index (κ1) is 25.7. The van der Waals surface area contributed by atoms with Gasteiger partial charge in [0.15, 0.2) is 5.82 Å². The van der Waals surface area contributed by atoms with E-state index in [9.17, 15) is 9.59 Å². The van der Waals surface area contributed by atoms with Crippen molar-refractivity contribution in [3.8, 4) is 17.1 Å². The van der Waals surface area contributed by atoms with E-state index in [4.69, 9.17) is 11.6 Å². The van der Waals surface area contributed by atoms with E-state index in [1.807, 2.05) is 42.5 Å². The minimum Gasteiger partial charge on any atom is -0.354 e. The predicted octanol–water partition coefficient (Wildman–Crippen LogP) is 2.20. The number of hydrogen-bond acceptors (Lipinski definition) is 8. The lowest BCUT2D eigenvalue weighted by molar-refractivity contribution is -0.122. The number of amides is 2. The van der Waals surface area contributed by atoms with Crippen molar-refractivity contribution in [2.45, 2.75) is 18.9 Å². The van der Waals surface area contributed by atoms with Crippen LogP contribution >= 0.6 is 11.6 Å². The zero-order valence-corrected chi connectivity index (χ0v) is 21.3. The van der Waals surface area contributed by atoms with E-state index < -0.39 is 6.04 Å². The molecular formula is C26H23ClN10O2. The van der Waals surface area contributed by atoms with Crippen LogP contribution < -0.4 is 10.6 Å². The van der Waals surface area contributed by atoms with E-state index >= 15 is 0 Å². The Morgan fingerprint density at radius 3 is 2.54 bits per heavy atom. The van der Waals surface area contributed by atoms with Gasteiger partial charge in [0.2, 0.25) is 5.91 Å². The van der Waals surface area contributed by atoms with Crippen LogP contribution in [0.5, 0.6) is 0 Å². The number of tetrazole rings is 2. The summed E-state index contributed by atoms with van der Waals surface area (Å²) in [5.41, 5.74) is 3.68. The Morgan fingerprint density at radius 1 is 1.00 bits per heavy atom. The van der Waals surface area contributed by atoms with Gasteiger partial charge in [-0.25, -0.2) is 9.78 Å². The number of halogens is 1. The van der Waals surface area contributed by atoms with Crippen LogP contribution in [0, 0.1) is 0 Å². The topological polar surface area (TPSA) is 156 Å². The molecule has 0 spiro atoms. The maximum Gasteiger partial charge on any atom is 0.251 e. The predicted molar refractivity (Wildman–Crippen MR) is 142 cm³/mol. The Bertz CT molecular complexity index is 1530. The van der Waals surface area contributed by atoms with Crippen LogP contribution in [0.3, 0.4) is 0 Å². The average molecular weight is 543 g/mol. The van der Waals surface area contributed by atoms with Gasteiger partial charge in [0.25, 0.3) is 5.91 Å². The lowest BCUT2D eigenvalue weighted by Crippen LogP contribution is -2.48. The lowest BCUT2D eigenvalue weighted by Gasteiger charge is -2.19. The van der Waals surface area contributed by atoms with Gasteiger partial charge in [0.1, 0.15) is 12.4 Å².